The first-order valence-corrected chi connectivity index (χ1v) is 6.99. The molecule has 104 valence electrons. The second-order valence-corrected chi connectivity index (χ2v) is 5.18. The van der Waals surface area contributed by atoms with Crippen LogP contribution in [0.25, 0.3) is 0 Å². The van der Waals surface area contributed by atoms with Gasteiger partial charge in [0.15, 0.2) is 0 Å². The highest BCUT2D eigenvalue weighted by atomic mass is 79.9. The van der Waals surface area contributed by atoms with Crippen molar-refractivity contribution in [1.29, 1.82) is 5.26 Å². The van der Waals surface area contributed by atoms with Gasteiger partial charge in [0.05, 0.1) is 13.2 Å². The number of nitriles is 1. The van der Waals surface area contributed by atoms with E-state index in [4.69, 9.17) is 10.00 Å². The molecule has 1 amide bonds. The lowest BCUT2D eigenvalue weighted by molar-refractivity contribution is -0.112. The van der Waals surface area contributed by atoms with Crippen LogP contribution in [0.5, 0.6) is 0 Å². The highest BCUT2D eigenvalue weighted by Gasteiger charge is 2.13. The minimum atomic E-state index is -0.402. The number of hydrogen-bond acceptors (Lipinski definition) is 4. The summed E-state index contributed by atoms with van der Waals surface area (Å²) in [6, 6.07) is 9.13. The summed E-state index contributed by atoms with van der Waals surface area (Å²) < 4.78 is 6.15. The summed E-state index contributed by atoms with van der Waals surface area (Å²) in [4.78, 5) is 14.0. The maximum absolute atomic E-state index is 12.0. The molecule has 5 nitrogen and oxygen atoms in total. The number of anilines is 1. The predicted molar refractivity (Wildman–Crippen MR) is 78.9 cm³/mol. The van der Waals surface area contributed by atoms with Crippen molar-refractivity contribution in [3.05, 3.63) is 40.5 Å². The van der Waals surface area contributed by atoms with Gasteiger partial charge >= 0.3 is 0 Å². The van der Waals surface area contributed by atoms with Crippen LogP contribution in [-0.4, -0.2) is 37.1 Å². The first kappa shape index (κ1) is 14.6. The van der Waals surface area contributed by atoms with Crippen LogP contribution in [-0.2, 0) is 9.53 Å². The number of hydrogen-bond donors (Lipinski definition) is 1. The number of halogens is 1. The van der Waals surface area contributed by atoms with Gasteiger partial charge in [-0.2, -0.15) is 5.26 Å². The molecule has 0 radical (unpaired) electrons. The van der Waals surface area contributed by atoms with Crippen LogP contribution in [0.1, 0.15) is 0 Å². The maximum atomic E-state index is 12.0. The number of nitrogens with one attached hydrogen (secondary N) is 1. The van der Waals surface area contributed by atoms with E-state index in [1.807, 2.05) is 23.1 Å². The predicted octanol–water partition coefficient (Wildman–Crippen LogP) is 2.13. The maximum Gasteiger partial charge on any atom is 0.267 e. The summed E-state index contributed by atoms with van der Waals surface area (Å²) >= 11 is 3.33. The van der Waals surface area contributed by atoms with E-state index in [9.17, 15) is 4.79 Å². The van der Waals surface area contributed by atoms with Gasteiger partial charge in [-0.15, -0.1) is 0 Å². The zero-order valence-corrected chi connectivity index (χ0v) is 12.4. The second-order valence-electron chi connectivity index (χ2n) is 4.26. The number of nitrogens with zero attached hydrogens (tertiary/aromatic N) is 2. The molecule has 20 heavy (non-hydrogen) atoms. The smallest absolute Gasteiger partial charge is 0.267 e. The lowest BCUT2D eigenvalue weighted by Crippen LogP contribution is -2.33. The Morgan fingerprint density at radius 3 is 2.60 bits per heavy atom. The van der Waals surface area contributed by atoms with Crippen LogP contribution in [0.3, 0.4) is 0 Å². The van der Waals surface area contributed by atoms with Gasteiger partial charge < -0.3 is 15.0 Å². The normalized spacial score (nSPS) is 15.6. The van der Waals surface area contributed by atoms with Crippen LogP contribution in [0.15, 0.2) is 40.5 Å². The standard InChI is InChI=1S/C14H14BrN3O2/c15-12-1-3-13(4-2-12)17-14(19)11(9-16)10-18-5-7-20-8-6-18/h1-4,10H,5-8H2,(H,17,19)/b11-10-. The molecule has 0 saturated carbocycles. The van der Waals surface area contributed by atoms with E-state index < -0.39 is 5.91 Å². The third-order valence-electron chi connectivity index (χ3n) is 2.82. The molecule has 0 aromatic heterocycles. The molecular weight excluding hydrogens is 322 g/mol. The Kier molecular flexibility index (Phi) is 5.16. The van der Waals surface area contributed by atoms with E-state index in [1.54, 1.807) is 18.3 Å². The van der Waals surface area contributed by atoms with Crippen LogP contribution < -0.4 is 5.32 Å². The monoisotopic (exact) mass is 335 g/mol. The van der Waals surface area contributed by atoms with Crippen molar-refractivity contribution in [3.63, 3.8) is 0 Å². The van der Waals surface area contributed by atoms with Crippen molar-refractivity contribution >= 4 is 27.5 Å². The molecule has 6 heteroatoms. The lowest BCUT2D eigenvalue weighted by Gasteiger charge is -2.25. The van der Waals surface area contributed by atoms with E-state index in [0.717, 1.165) is 4.47 Å². The fraction of sp³-hybridized carbons (Fsp3) is 0.286. The minimum absolute atomic E-state index is 0.0924. The molecule has 1 fully saturated rings. The molecule has 1 N–H and O–H groups in total. The van der Waals surface area contributed by atoms with Crippen LogP contribution in [0.2, 0.25) is 0 Å². The molecule has 0 aliphatic carbocycles. The number of amides is 1. The second kappa shape index (κ2) is 7.08. The van der Waals surface area contributed by atoms with Gasteiger partial charge in [-0.3, -0.25) is 4.79 Å². The summed E-state index contributed by atoms with van der Waals surface area (Å²) in [5, 5.41) is 11.8. The zero-order chi connectivity index (χ0) is 14.4. The van der Waals surface area contributed by atoms with Crippen molar-refractivity contribution in [2.75, 3.05) is 31.6 Å². The molecule has 0 spiro atoms. The molecule has 1 aromatic carbocycles. The summed E-state index contributed by atoms with van der Waals surface area (Å²) in [6.07, 6.45) is 1.59. The topological polar surface area (TPSA) is 65.4 Å². The van der Waals surface area contributed by atoms with Crippen molar-refractivity contribution in [3.8, 4) is 6.07 Å². The average Bonchev–Trinajstić information content (AvgIpc) is 2.48. The molecular formula is C14H14BrN3O2. The summed E-state index contributed by atoms with van der Waals surface area (Å²) in [5.74, 6) is -0.402. The summed E-state index contributed by atoms with van der Waals surface area (Å²) in [7, 11) is 0. The van der Waals surface area contributed by atoms with Crippen molar-refractivity contribution < 1.29 is 9.53 Å². The summed E-state index contributed by atoms with van der Waals surface area (Å²) in [6.45, 7) is 2.61. The molecule has 1 aliphatic rings. The Bertz CT molecular complexity index is 543. The fourth-order valence-corrected chi connectivity index (χ4v) is 2.02. The Morgan fingerprint density at radius 2 is 2.00 bits per heavy atom. The third-order valence-corrected chi connectivity index (χ3v) is 3.35. The van der Waals surface area contributed by atoms with Gasteiger partial charge in [-0.1, -0.05) is 15.9 Å². The summed E-state index contributed by atoms with van der Waals surface area (Å²) in [5.41, 5.74) is 0.746. The Balaban J connectivity index is 2.03. The Labute approximate surface area is 126 Å². The number of carbonyl (C=O) groups is 1. The van der Waals surface area contributed by atoms with Gasteiger partial charge in [-0.25, -0.2) is 0 Å². The van der Waals surface area contributed by atoms with E-state index in [1.165, 1.54) is 0 Å². The molecule has 0 unspecified atom stereocenters. The minimum Gasteiger partial charge on any atom is -0.378 e. The molecule has 1 heterocycles. The number of rotatable bonds is 3. The zero-order valence-electron chi connectivity index (χ0n) is 10.8. The average molecular weight is 336 g/mol. The van der Waals surface area contributed by atoms with Gasteiger partial charge in [0.1, 0.15) is 11.6 Å². The number of benzene rings is 1. The Morgan fingerprint density at radius 1 is 1.35 bits per heavy atom. The molecule has 1 aliphatic heterocycles. The molecule has 0 atom stereocenters. The van der Waals surface area contributed by atoms with E-state index >= 15 is 0 Å². The lowest BCUT2D eigenvalue weighted by atomic mass is 10.2. The SMILES string of the molecule is N#C/C(=C/N1CCOCC1)C(=O)Nc1ccc(Br)cc1. The van der Waals surface area contributed by atoms with E-state index in [2.05, 4.69) is 21.2 Å². The third kappa shape index (κ3) is 4.08. The van der Waals surface area contributed by atoms with Crippen molar-refractivity contribution in [2.45, 2.75) is 0 Å². The van der Waals surface area contributed by atoms with Gasteiger partial charge in [0, 0.05) is 29.4 Å². The van der Waals surface area contributed by atoms with Crippen LogP contribution >= 0.6 is 15.9 Å². The highest BCUT2D eigenvalue weighted by Crippen LogP contribution is 2.15. The molecule has 1 aromatic rings. The fourth-order valence-electron chi connectivity index (χ4n) is 1.76. The van der Waals surface area contributed by atoms with Crippen LogP contribution in [0, 0.1) is 11.3 Å². The largest absolute Gasteiger partial charge is 0.378 e. The number of carbonyl (C=O) groups excluding carboxylic acids is 1. The molecule has 2 rings (SSSR count). The van der Waals surface area contributed by atoms with Crippen molar-refractivity contribution in [2.24, 2.45) is 0 Å². The molecule has 1 saturated heterocycles. The van der Waals surface area contributed by atoms with E-state index in [-0.39, 0.29) is 5.57 Å². The number of ether oxygens (including phenoxy) is 1. The van der Waals surface area contributed by atoms with Crippen LogP contribution in [0.4, 0.5) is 5.69 Å². The number of morpholine rings is 1. The first-order chi connectivity index (χ1) is 9.69. The van der Waals surface area contributed by atoms with E-state index in [0.29, 0.717) is 32.0 Å². The first-order valence-electron chi connectivity index (χ1n) is 6.19. The Hall–Kier alpha value is -1.84. The van der Waals surface area contributed by atoms with Gasteiger partial charge in [0.25, 0.3) is 5.91 Å². The van der Waals surface area contributed by atoms with Gasteiger partial charge in [-0.05, 0) is 24.3 Å². The van der Waals surface area contributed by atoms with Crippen molar-refractivity contribution in [1.82, 2.24) is 4.90 Å². The molecule has 0 bridgehead atoms. The highest BCUT2D eigenvalue weighted by molar-refractivity contribution is 9.10. The quantitative estimate of drug-likeness (QED) is 0.678. The van der Waals surface area contributed by atoms with Gasteiger partial charge in [0.2, 0.25) is 0 Å².